The molecule has 7 heteroatoms. The van der Waals surface area contributed by atoms with E-state index in [9.17, 15) is 10.1 Å². The van der Waals surface area contributed by atoms with Gasteiger partial charge in [0, 0.05) is 25.1 Å². The van der Waals surface area contributed by atoms with Gasteiger partial charge in [0.2, 0.25) is 0 Å². The zero-order chi connectivity index (χ0) is 15.7. The van der Waals surface area contributed by atoms with Gasteiger partial charge in [0.15, 0.2) is 4.77 Å². The normalized spacial score (nSPS) is 16.8. The van der Waals surface area contributed by atoms with Gasteiger partial charge in [-0.25, -0.2) is 0 Å². The molecule has 0 radical (unpaired) electrons. The Bertz CT molecular complexity index is 746. The van der Waals surface area contributed by atoms with Crippen LogP contribution in [0.4, 0.5) is 5.69 Å². The number of benzene rings is 1. The maximum atomic E-state index is 11.1. The first kappa shape index (κ1) is 14.9. The van der Waals surface area contributed by atoms with Gasteiger partial charge < -0.3 is 4.57 Å². The van der Waals surface area contributed by atoms with Gasteiger partial charge in [-0.2, -0.15) is 5.10 Å². The Morgan fingerprint density at radius 3 is 2.77 bits per heavy atom. The Morgan fingerprint density at radius 2 is 2.18 bits per heavy atom. The fourth-order valence-electron chi connectivity index (χ4n) is 3.39. The standard InChI is InChI=1S/C15H18N4O2S/c1-18-14(16-17-15(18)22)13(10-5-2-3-6-10)11-7-4-8-12(9-11)19(20)21/h4,7-10,13H,2-3,5-6H2,1H3,(H,17,22). The Kier molecular flexibility index (Phi) is 4.06. The Labute approximate surface area is 133 Å². The van der Waals surface area contributed by atoms with E-state index in [2.05, 4.69) is 10.2 Å². The summed E-state index contributed by atoms with van der Waals surface area (Å²) in [6.45, 7) is 0. The maximum Gasteiger partial charge on any atom is 0.269 e. The van der Waals surface area contributed by atoms with Crippen molar-refractivity contribution in [2.45, 2.75) is 31.6 Å². The number of nitrogens with one attached hydrogen (secondary N) is 1. The summed E-state index contributed by atoms with van der Waals surface area (Å²) < 4.78 is 2.44. The monoisotopic (exact) mass is 318 g/mol. The Hall–Kier alpha value is -2.02. The molecule has 0 saturated heterocycles. The molecule has 1 aliphatic rings. The third kappa shape index (κ3) is 2.68. The van der Waals surface area contributed by atoms with E-state index in [4.69, 9.17) is 12.2 Å². The largest absolute Gasteiger partial charge is 0.307 e. The fourth-order valence-corrected chi connectivity index (χ4v) is 3.53. The number of hydrogen-bond donors (Lipinski definition) is 1. The summed E-state index contributed by atoms with van der Waals surface area (Å²) in [5, 5.41) is 18.3. The topological polar surface area (TPSA) is 76.8 Å². The number of aromatic nitrogens is 3. The van der Waals surface area contributed by atoms with Crippen molar-refractivity contribution >= 4 is 17.9 Å². The van der Waals surface area contributed by atoms with Crippen LogP contribution in [0.2, 0.25) is 0 Å². The van der Waals surface area contributed by atoms with E-state index in [1.165, 1.54) is 18.9 Å². The summed E-state index contributed by atoms with van der Waals surface area (Å²) in [6, 6.07) is 6.89. The number of non-ortho nitro benzene ring substituents is 1. The smallest absolute Gasteiger partial charge is 0.269 e. The van der Waals surface area contributed by atoms with E-state index >= 15 is 0 Å². The van der Waals surface area contributed by atoms with Crippen molar-refractivity contribution < 1.29 is 4.92 Å². The Balaban J connectivity index is 2.09. The minimum absolute atomic E-state index is 0.0420. The molecule has 3 rings (SSSR count). The molecule has 0 bridgehead atoms. The first-order valence-corrected chi connectivity index (χ1v) is 7.84. The molecule has 22 heavy (non-hydrogen) atoms. The number of rotatable bonds is 4. The molecule has 1 N–H and O–H groups in total. The number of nitro groups is 1. The van der Waals surface area contributed by atoms with Crippen LogP contribution in [0.5, 0.6) is 0 Å². The van der Waals surface area contributed by atoms with Gasteiger partial charge in [-0.1, -0.05) is 25.0 Å². The van der Waals surface area contributed by atoms with Crippen LogP contribution in [0, 0.1) is 20.8 Å². The molecular formula is C15H18N4O2S. The van der Waals surface area contributed by atoms with E-state index in [1.54, 1.807) is 12.1 Å². The molecule has 2 aromatic rings. The van der Waals surface area contributed by atoms with Crippen LogP contribution in [-0.2, 0) is 7.05 Å². The molecule has 1 aromatic carbocycles. The van der Waals surface area contributed by atoms with Crippen LogP contribution in [-0.4, -0.2) is 19.7 Å². The van der Waals surface area contributed by atoms with E-state index in [1.807, 2.05) is 17.7 Å². The number of hydrogen-bond acceptors (Lipinski definition) is 4. The van der Waals surface area contributed by atoms with Gasteiger partial charge >= 0.3 is 0 Å². The quantitative estimate of drug-likeness (QED) is 0.529. The highest BCUT2D eigenvalue weighted by Crippen LogP contribution is 2.41. The molecule has 116 valence electrons. The SMILES string of the molecule is Cn1c(C(c2cccc([N+](=O)[O-])c2)C2CCCC2)n[nH]c1=S. The third-order valence-corrected chi connectivity index (χ3v) is 4.87. The minimum Gasteiger partial charge on any atom is -0.307 e. The number of aromatic amines is 1. The van der Waals surface area contributed by atoms with Crippen LogP contribution in [0.1, 0.15) is 43.0 Å². The number of H-pyrrole nitrogens is 1. The van der Waals surface area contributed by atoms with Crippen LogP contribution in [0.25, 0.3) is 0 Å². The second kappa shape index (κ2) is 6.00. The molecule has 1 saturated carbocycles. The van der Waals surface area contributed by atoms with Gasteiger partial charge in [0.25, 0.3) is 5.69 Å². The highest BCUT2D eigenvalue weighted by molar-refractivity contribution is 7.71. The summed E-state index contributed by atoms with van der Waals surface area (Å²) >= 11 is 5.22. The third-order valence-electron chi connectivity index (χ3n) is 4.50. The zero-order valence-electron chi connectivity index (χ0n) is 12.4. The molecule has 1 fully saturated rings. The predicted molar refractivity (Wildman–Crippen MR) is 85.3 cm³/mol. The maximum absolute atomic E-state index is 11.1. The fraction of sp³-hybridized carbons (Fsp3) is 0.467. The molecule has 1 aliphatic carbocycles. The molecule has 1 atom stereocenters. The van der Waals surface area contributed by atoms with Gasteiger partial charge in [0.1, 0.15) is 5.82 Å². The predicted octanol–water partition coefficient (Wildman–Crippen LogP) is 3.71. The van der Waals surface area contributed by atoms with E-state index in [-0.39, 0.29) is 16.5 Å². The minimum atomic E-state index is -0.349. The first-order valence-electron chi connectivity index (χ1n) is 7.43. The zero-order valence-corrected chi connectivity index (χ0v) is 13.2. The average molecular weight is 318 g/mol. The number of nitrogens with zero attached hydrogens (tertiary/aromatic N) is 3. The van der Waals surface area contributed by atoms with Crippen molar-refractivity contribution in [3.05, 3.63) is 50.5 Å². The Morgan fingerprint density at radius 1 is 1.45 bits per heavy atom. The van der Waals surface area contributed by atoms with Crippen LogP contribution >= 0.6 is 12.2 Å². The molecular weight excluding hydrogens is 300 g/mol. The molecule has 6 nitrogen and oxygen atoms in total. The summed E-state index contributed by atoms with van der Waals surface area (Å²) in [7, 11) is 1.89. The van der Waals surface area contributed by atoms with Crippen LogP contribution in [0.3, 0.4) is 0 Å². The highest BCUT2D eigenvalue weighted by Gasteiger charge is 2.31. The first-order chi connectivity index (χ1) is 10.6. The lowest BCUT2D eigenvalue weighted by molar-refractivity contribution is -0.384. The van der Waals surface area contributed by atoms with Crippen molar-refractivity contribution in [2.75, 3.05) is 0 Å². The van der Waals surface area contributed by atoms with Crippen molar-refractivity contribution in [3.8, 4) is 0 Å². The molecule has 1 unspecified atom stereocenters. The highest BCUT2D eigenvalue weighted by atomic mass is 32.1. The van der Waals surface area contributed by atoms with Crippen molar-refractivity contribution in [1.29, 1.82) is 0 Å². The van der Waals surface area contributed by atoms with Crippen molar-refractivity contribution in [2.24, 2.45) is 13.0 Å². The van der Waals surface area contributed by atoms with Crippen molar-refractivity contribution in [1.82, 2.24) is 14.8 Å². The summed E-state index contributed by atoms with van der Waals surface area (Å²) in [6.07, 6.45) is 4.63. The lowest BCUT2D eigenvalue weighted by atomic mass is 9.84. The van der Waals surface area contributed by atoms with Crippen LogP contribution < -0.4 is 0 Å². The van der Waals surface area contributed by atoms with Gasteiger partial charge in [-0.15, -0.1) is 0 Å². The second-order valence-corrected chi connectivity index (χ2v) is 6.21. The molecule has 0 spiro atoms. The number of nitro benzene ring substituents is 1. The summed E-state index contributed by atoms with van der Waals surface area (Å²) in [5.74, 6) is 1.35. The second-order valence-electron chi connectivity index (χ2n) is 5.82. The summed E-state index contributed by atoms with van der Waals surface area (Å²) in [5.41, 5.74) is 1.07. The van der Waals surface area contributed by atoms with Gasteiger partial charge in [-0.3, -0.25) is 15.2 Å². The summed E-state index contributed by atoms with van der Waals surface area (Å²) in [4.78, 5) is 10.7. The van der Waals surface area contributed by atoms with E-state index in [0.29, 0.717) is 10.7 Å². The lowest BCUT2D eigenvalue weighted by Crippen LogP contribution is -2.16. The van der Waals surface area contributed by atoms with E-state index < -0.39 is 0 Å². The molecule has 0 aliphatic heterocycles. The van der Waals surface area contributed by atoms with E-state index in [0.717, 1.165) is 24.2 Å². The van der Waals surface area contributed by atoms with Gasteiger partial charge in [0.05, 0.1) is 4.92 Å². The van der Waals surface area contributed by atoms with Gasteiger partial charge in [-0.05, 0) is 36.5 Å². The van der Waals surface area contributed by atoms with Crippen molar-refractivity contribution in [3.63, 3.8) is 0 Å². The molecule has 0 amide bonds. The molecule has 1 heterocycles. The lowest BCUT2D eigenvalue weighted by Gasteiger charge is -2.23. The average Bonchev–Trinajstić information content (AvgIpc) is 3.14. The van der Waals surface area contributed by atoms with Crippen LogP contribution in [0.15, 0.2) is 24.3 Å². The molecule has 1 aromatic heterocycles.